The first-order valence-electron chi connectivity index (χ1n) is 7.87. The van der Waals surface area contributed by atoms with Crippen LogP contribution in [0.25, 0.3) is 0 Å². The van der Waals surface area contributed by atoms with Gasteiger partial charge in [-0.05, 0) is 25.2 Å². The van der Waals surface area contributed by atoms with Crippen LogP contribution >= 0.6 is 0 Å². The molecule has 1 amide bonds. The van der Waals surface area contributed by atoms with E-state index < -0.39 is 11.9 Å². The number of ether oxygens (including phenoxy) is 1. The van der Waals surface area contributed by atoms with Crippen LogP contribution in [0.15, 0.2) is 0 Å². The summed E-state index contributed by atoms with van der Waals surface area (Å²) in [7, 11) is 1.69. The largest absolute Gasteiger partial charge is 0.481 e. The Balaban J connectivity index is 1.98. The van der Waals surface area contributed by atoms with Crippen molar-refractivity contribution in [2.45, 2.75) is 58.6 Å². The molecule has 0 heterocycles. The molecule has 2 saturated carbocycles. The van der Waals surface area contributed by atoms with Crippen molar-refractivity contribution in [3.8, 4) is 0 Å². The third kappa shape index (κ3) is 2.93. The second-order valence-corrected chi connectivity index (χ2v) is 7.14. The molecule has 0 spiro atoms. The second-order valence-electron chi connectivity index (χ2n) is 7.14. The van der Waals surface area contributed by atoms with E-state index in [4.69, 9.17) is 4.74 Å². The Kier molecular flexibility index (Phi) is 4.61. The summed E-state index contributed by atoms with van der Waals surface area (Å²) in [6, 6.07) is 0.0741. The summed E-state index contributed by atoms with van der Waals surface area (Å²) in [6.07, 6.45) is 3.22. The molecule has 0 aliphatic heterocycles. The second kappa shape index (κ2) is 5.95. The van der Waals surface area contributed by atoms with E-state index in [0.717, 1.165) is 12.8 Å². The normalized spacial score (nSPS) is 37.8. The van der Waals surface area contributed by atoms with Crippen molar-refractivity contribution in [1.29, 1.82) is 0 Å². The van der Waals surface area contributed by atoms with Crippen molar-refractivity contribution < 1.29 is 19.4 Å². The summed E-state index contributed by atoms with van der Waals surface area (Å²) < 4.78 is 5.39. The van der Waals surface area contributed by atoms with E-state index in [1.165, 1.54) is 0 Å². The molecule has 0 aromatic carbocycles. The molecule has 0 radical (unpaired) electrons. The molecule has 0 aromatic heterocycles. The molecule has 2 rings (SSSR count). The highest BCUT2D eigenvalue weighted by atomic mass is 16.5. The van der Waals surface area contributed by atoms with Gasteiger partial charge >= 0.3 is 5.97 Å². The van der Waals surface area contributed by atoms with E-state index in [9.17, 15) is 14.7 Å². The van der Waals surface area contributed by atoms with Gasteiger partial charge in [0.05, 0.1) is 17.9 Å². The van der Waals surface area contributed by atoms with E-state index >= 15 is 0 Å². The van der Waals surface area contributed by atoms with E-state index in [1.54, 1.807) is 7.11 Å². The minimum absolute atomic E-state index is 0.0741. The van der Waals surface area contributed by atoms with Gasteiger partial charge in [0.1, 0.15) is 0 Å². The number of nitrogens with one attached hydrogen (secondary N) is 1. The number of aliphatic carboxylic acids is 1. The van der Waals surface area contributed by atoms with E-state index in [2.05, 4.69) is 26.1 Å². The summed E-state index contributed by atoms with van der Waals surface area (Å²) >= 11 is 0. The van der Waals surface area contributed by atoms with Crippen LogP contribution in [0, 0.1) is 23.2 Å². The maximum absolute atomic E-state index is 12.5. The maximum atomic E-state index is 12.5. The first-order valence-corrected chi connectivity index (χ1v) is 7.87. The van der Waals surface area contributed by atoms with Crippen LogP contribution in [-0.2, 0) is 14.3 Å². The molecule has 3 unspecified atom stereocenters. The molecule has 2 aliphatic rings. The highest BCUT2D eigenvalue weighted by molar-refractivity contribution is 5.85. The van der Waals surface area contributed by atoms with Crippen molar-refractivity contribution in [3.05, 3.63) is 0 Å². The molecule has 2 N–H and O–H groups in total. The Morgan fingerprint density at radius 2 is 1.86 bits per heavy atom. The van der Waals surface area contributed by atoms with Gasteiger partial charge in [-0.15, -0.1) is 0 Å². The van der Waals surface area contributed by atoms with E-state index in [1.807, 2.05) is 0 Å². The van der Waals surface area contributed by atoms with Crippen molar-refractivity contribution in [1.82, 2.24) is 5.32 Å². The molecule has 0 aromatic rings. The first-order chi connectivity index (χ1) is 9.81. The van der Waals surface area contributed by atoms with Gasteiger partial charge in [0.2, 0.25) is 5.91 Å². The lowest BCUT2D eigenvalue weighted by atomic mass is 9.64. The third-order valence-corrected chi connectivity index (χ3v) is 5.67. The number of carboxylic acids is 1. The molecular weight excluding hydrogens is 270 g/mol. The number of carboxylic acid groups (broad SMARTS) is 1. The van der Waals surface area contributed by atoms with Gasteiger partial charge in [0.15, 0.2) is 0 Å². The number of carbonyl (C=O) groups is 2. The number of methoxy groups -OCH3 is 1. The van der Waals surface area contributed by atoms with Crippen LogP contribution in [-0.4, -0.2) is 36.2 Å². The fourth-order valence-electron chi connectivity index (χ4n) is 3.85. The molecule has 120 valence electrons. The summed E-state index contributed by atoms with van der Waals surface area (Å²) in [5, 5.41) is 12.4. The van der Waals surface area contributed by atoms with Crippen LogP contribution in [0.3, 0.4) is 0 Å². The molecule has 2 aliphatic carbocycles. The molecule has 5 heteroatoms. The van der Waals surface area contributed by atoms with Crippen LogP contribution in [0.5, 0.6) is 0 Å². The van der Waals surface area contributed by atoms with Crippen LogP contribution < -0.4 is 5.32 Å². The van der Waals surface area contributed by atoms with Crippen LogP contribution in [0.1, 0.15) is 46.5 Å². The number of amides is 1. The van der Waals surface area contributed by atoms with Crippen molar-refractivity contribution in [2.75, 3.05) is 7.11 Å². The number of hydrogen-bond acceptors (Lipinski definition) is 3. The van der Waals surface area contributed by atoms with E-state index in [-0.39, 0.29) is 29.4 Å². The highest BCUT2D eigenvalue weighted by Gasteiger charge is 2.51. The Morgan fingerprint density at radius 3 is 2.33 bits per heavy atom. The quantitative estimate of drug-likeness (QED) is 0.814. The van der Waals surface area contributed by atoms with Crippen molar-refractivity contribution in [2.24, 2.45) is 23.2 Å². The van der Waals surface area contributed by atoms with Gasteiger partial charge in [-0.3, -0.25) is 9.59 Å². The topological polar surface area (TPSA) is 75.6 Å². The molecule has 0 saturated heterocycles. The number of hydrogen-bond donors (Lipinski definition) is 2. The van der Waals surface area contributed by atoms with Gasteiger partial charge in [0, 0.05) is 18.6 Å². The SMILES string of the molecule is CCC1C[C@H](C(=O)NC2CC(OC)C2(C)C)[C@H](C(=O)O)C1. The Labute approximate surface area is 126 Å². The van der Waals surface area contributed by atoms with Gasteiger partial charge < -0.3 is 15.2 Å². The summed E-state index contributed by atoms with van der Waals surface area (Å²) in [4.78, 5) is 23.9. The first kappa shape index (κ1) is 16.3. The zero-order chi connectivity index (χ0) is 15.8. The van der Waals surface area contributed by atoms with Gasteiger partial charge in [0.25, 0.3) is 0 Å². The molecule has 5 atom stereocenters. The standard InChI is InChI=1S/C16H27NO4/c1-5-9-6-10(11(7-9)15(19)20)14(18)17-12-8-13(21-4)16(12,2)3/h9-13H,5-8H2,1-4H3,(H,17,18)(H,19,20)/t9?,10-,11+,12?,13?/m0/s1. The Bertz CT molecular complexity index is 421. The molecule has 5 nitrogen and oxygen atoms in total. The minimum Gasteiger partial charge on any atom is -0.481 e. The maximum Gasteiger partial charge on any atom is 0.307 e. The van der Waals surface area contributed by atoms with Crippen molar-refractivity contribution >= 4 is 11.9 Å². The predicted molar refractivity (Wildman–Crippen MR) is 78.8 cm³/mol. The predicted octanol–water partition coefficient (Wildman–Crippen LogP) is 2.05. The fraction of sp³-hybridized carbons (Fsp3) is 0.875. The Hall–Kier alpha value is -1.10. The average Bonchev–Trinajstić information content (AvgIpc) is 2.87. The van der Waals surface area contributed by atoms with Crippen molar-refractivity contribution in [3.63, 3.8) is 0 Å². The van der Waals surface area contributed by atoms with E-state index in [0.29, 0.717) is 18.8 Å². The van der Waals surface area contributed by atoms with Crippen LogP contribution in [0.2, 0.25) is 0 Å². The molecule has 0 bridgehead atoms. The molecule has 21 heavy (non-hydrogen) atoms. The van der Waals surface area contributed by atoms with Gasteiger partial charge in [-0.1, -0.05) is 27.2 Å². The molecular formula is C16H27NO4. The fourth-order valence-corrected chi connectivity index (χ4v) is 3.85. The highest BCUT2D eigenvalue weighted by Crippen LogP contribution is 2.44. The van der Waals surface area contributed by atoms with Gasteiger partial charge in [-0.2, -0.15) is 0 Å². The lowest BCUT2D eigenvalue weighted by Gasteiger charge is -2.51. The minimum atomic E-state index is -0.839. The number of rotatable bonds is 5. The lowest BCUT2D eigenvalue weighted by molar-refractivity contribution is -0.148. The average molecular weight is 297 g/mol. The number of carbonyl (C=O) groups excluding carboxylic acids is 1. The van der Waals surface area contributed by atoms with Crippen LogP contribution in [0.4, 0.5) is 0 Å². The monoisotopic (exact) mass is 297 g/mol. The smallest absolute Gasteiger partial charge is 0.307 e. The molecule has 2 fully saturated rings. The zero-order valence-corrected chi connectivity index (χ0v) is 13.4. The summed E-state index contributed by atoms with van der Waals surface area (Å²) in [6.45, 7) is 6.21. The summed E-state index contributed by atoms with van der Waals surface area (Å²) in [5.74, 6) is -1.50. The zero-order valence-electron chi connectivity index (χ0n) is 13.4. The van der Waals surface area contributed by atoms with Gasteiger partial charge in [-0.25, -0.2) is 0 Å². The third-order valence-electron chi connectivity index (χ3n) is 5.67. The lowest BCUT2D eigenvalue weighted by Crippen LogP contribution is -2.62. The Morgan fingerprint density at radius 1 is 1.24 bits per heavy atom. The summed E-state index contributed by atoms with van der Waals surface area (Å²) in [5.41, 5.74) is -0.0914.